The molecule has 1 N–H and O–H groups in total. The van der Waals surface area contributed by atoms with E-state index < -0.39 is 0 Å². The molecule has 3 rings (SSSR count). The van der Waals surface area contributed by atoms with Crippen LogP contribution in [0.1, 0.15) is 32.1 Å². The number of hydrogen-bond acceptors (Lipinski definition) is 4. The van der Waals surface area contributed by atoms with Gasteiger partial charge in [-0.05, 0) is 32.2 Å². The van der Waals surface area contributed by atoms with Crippen LogP contribution in [0.3, 0.4) is 0 Å². The molecule has 2 heterocycles. The van der Waals surface area contributed by atoms with E-state index in [0.29, 0.717) is 6.04 Å². The standard InChI is InChI=1S/C14H24N4/c15-9-13(16-12-4-5-12)10-17-7-8-18-6-2-1-3-14(18)11-17/h12-14,16H,1-8,10-11H2. The molecule has 0 amide bonds. The smallest absolute Gasteiger partial charge is 0.108 e. The van der Waals surface area contributed by atoms with E-state index >= 15 is 0 Å². The Morgan fingerprint density at radius 3 is 2.83 bits per heavy atom. The lowest BCUT2D eigenvalue weighted by Crippen LogP contribution is -2.56. The molecule has 18 heavy (non-hydrogen) atoms. The Kier molecular flexibility index (Phi) is 3.83. The van der Waals surface area contributed by atoms with Gasteiger partial charge in [0.2, 0.25) is 0 Å². The number of hydrogen-bond donors (Lipinski definition) is 1. The van der Waals surface area contributed by atoms with Gasteiger partial charge in [-0.25, -0.2) is 0 Å². The highest BCUT2D eigenvalue weighted by Gasteiger charge is 2.31. The first-order valence-corrected chi connectivity index (χ1v) is 7.47. The van der Waals surface area contributed by atoms with Crippen molar-refractivity contribution in [3.8, 4) is 6.07 Å². The summed E-state index contributed by atoms with van der Waals surface area (Å²) in [7, 11) is 0. The van der Waals surface area contributed by atoms with Crippen LogP contribution in [0.15, 0.2) is 0 Å². The molecule has 0 bridgehead atoms. The predicted molar refractivity (Wildman–Crippen MR) is 71.2 cm³/mol. The maximum Gasteiger partial charge on any atom is 0.108 e. The summed E-state index contributed by atoms with van der Waals surface area (Å²) in [5, 5.41) is 12.7. The van der Waals surface area contributed by atoms with Crippen molar-refractivity contribution in [2.45, 2.75) is 50.2 Å². The summed E-state index contributed by atoms with van der Waals surface area (Å²) in [6, 6.07) is 3.85. The van der Waals surface area contributed by atoms with Gasteiger partial charge >= 0.3 is 0 Å². The van der Waals surface area contributed by atoms with Gasteiger partial charge in [0, 0.05) is 38.3 Å². The number of nitriles is 1. The van der Waals surface area contributed by atoms with E-state index in [1.165, 1.54) is 51.7 Å². The minimum absolute atomic E-state index is 0.0349. The summed E-state index contributed by atoms with van der Waals surface area (Å²) in [4.78, 5) is 5.14. The first kappa shape index (κ1) is 12.4. The third-order valence-corrected chi connectivity index (χ3v) is 4.53. The van der Waals surface area contributed by atoms with Crippen LogP contribution in [-0.2, 0) is 0 Å². The lowest BCUT2D eigenvalue weighted by Gasteiger charge is -2.44. The van der Waals surface area contributed by atoms with Crippen molar-refractivity contribution in [1.82, 2.24) is 15.1 Å². The normalized spacial score (nSPS) is 31.6. The average molecular weight is 248 g/mol. The van der Waals surface area contributed by atoms with Gasteiger partial charge in [-0.15, -0.1) is 0 Å². The van der Waals surface area contributed by atoms with Crippen LogP contribution in [-0.4, -0.2) is 60.6 Å². The minimum atomic E-state index is 0.0349. The second kappa shape index (κ2) is 5.56. The van der Waals surface area contributed by atoms with E-state index in [1.807, 2.05) is 0 Å². The van der Waals surface area contributed by atoms with Gasteiger partial charge in [-0.2, -0.15) is 5.26 Å². The highest BCUT2D eigenvalue weighted by Crippen LogP contribution is 2.22. The van der Waals surface area contributed by atoms with E-state index in [9.17, 15) is 5.26 Å². The summed E-state index contributed by atoms with van der Waals surface area (Å²) < 4.78 is 0. The van der Waals surface area contributed by atoms with Gasteiger partial charge in [0.1, 0.15) is 6.04 Å². The molecular weight excluding hydrogens is 224 g/mol. The molecule has 1 saturated carbocycles. The zero-order valence-corrected chi connectivity index (χ0v) is 11.1. The highest BCUT2D eigenvalue weighted by molar-refractivity contribution is 4.98. The van der Waals surface area contributed by atoms with Crippen LogP contribution in [0, 0.1) is 11.3 Å². The van der Waals surface area contributed by atoms with E-state index in [2.05, 4.69) is 21.2 Å². The molecule has 0 spiro atoms. The van der Waals surface area contributed by atoms with E-state index in [1.54, 1.807) is 0 Å². The summed E-state index contributed by atoms with van der Waals surface area (Å²) in [5.41, 5.74) is 0. The Morgan fingerprint density at radius 1 is 1.17 bits per heavy atom. The molecule has 4 nitrogen and oxygen atoms in total. The second-order valence-electron chi connectivity index (χ2n) is 6.07. The number of piperazine rings is 1. The van der Waals surface area contributed by atoms with Crippen molar-refractivity contribution < 1.29 is 0 Å². The molecule has 2 unspecified atom stereocenters. The third kappa shape index (κ3) is 3.03. The van der Waals surface area contributed by atoms with Crippen molar-refractivity contribution >= 4 is 0 Å². The zero-order valence-electron chi connectivity index (χ0n) is 11.1. The van der Waals surface area contributed by atoms with E-state index in [-0.39, 0.29) is 6.04 Å². The van der Waals surface area contributed by atoms with Crippen molar-refractivity contribution in [3.63, 3.8) is 0 Å². The van der Waals surface area contributed by atoms with E-state index in [4.69, 9.17) is 0 Å². The van der Waals surface area contributed by atoms with Gasteiger partial charge in [-0.1, -0.05) is 6.42 Å². The third-order valence-electron chi connectivity index (χ3n) is 4.53. The Labute approximate surface area is 110 Å². The van der Waals surface area contributed by atoms with Crippen molar-refractivity contribution in [3.05, 3.63) is 0 Å². The topological polar surface area (TPSA) is 42.3 Å². The van der Waals surface area contributed by atoms with Crippen LogP contribution >= 0.6 is 0 Å². The lowest BCUT2D eigenvalue weighted by molar-refractivity contribution is 0.0472. The van der Waals surface area contributed by atoms with Gasteiger partial charge in [0.15, 0.2) is 0 Å². The number of piperidine rings is 1. The first-order valence-electron chi connectivity index (χ1n) is 7.47. The maximum atomic E-state index is 9.22. The molecule has 0 aromatic rings. The number of nitrogens with one attached hydrogen (secondary N) is 1. The van der Waals surface area contributed by atoms with Gasteiger partial charge in [0.05, 0.1) is 6.07 Å². The van der Waals surface area contributed by atoms with Crippen LogP contribution in [0.4, 0.5) is 0 Å². The van der Waals surface area contributed by atoms with Gasteiger partial charge in [0.25, 0.3) is 0 Å². The number of rotatable bonds is 4. The molecule has 3 aliphatic rings. The first-order chi connectivity index (χ1) is 8.85. The minimum Gasteiger partial charge on any atom is -0.298 e. The average Bonchev–Trinajstić information content (AvgIpc) is 3.22. The van der Waals surface area contributed by atoms with Crippen molar-refractivity contribution in [2.75, 3.05) is 32.7 Å². The molecule has 2 saturated heterocycles. The Bertz CT molecular complexity index is 320. The number of nitrogens with zero attached hydrogens (tertiary/aromatic N) is 3. The van der Waals surface area contributed by atoms with Crippen molar-refractivity contribution in [2.24, 2.45) is 0 Å². The molecule has 0 aromatic carbocycles. The lowest BCUT2D eigenvalue weighted by atomic mass is 9.99. The highest BCUT2D eigenvalue weighted by atomic mass is 15.3. The summed E-state index contributed by atoms with van der Waals surface area (Å²) in [6.07, 6.45) is 6.63. The van der Waals surface area contributed by atoms with Crippen LogP contribution in [0.2, 0.25) is 0 Å². The SMILES string of the molecule is N#CC(CN1CCN2CCCCC2C1)NC1CC1. The molecular formula is C14H24N4. The summed E-state index contributed by atoms with van der Waals surface area (Å²) in [5.74, 6) is 0. The molecule has 0 aromatic heterocycles. The van der Waals surface area contributed by atoms with Gasteiger partial charge < -0.3 is 0 Å². The quantitative estimate of drug-likeness (QED) is 0.799. The maximum absolute atomic E-state index is 9.22. The molecule has 4 heteroatoms. The van der Waals surface area contributed by atoms with Crippen LogP contribution < -0.4 is 5.32 Å². The van der Waals surface area contributed by atoms with E-state index in [0.717, 1.165) is 19.1 Å². The summed E-state index contributed by atoms with van der Waals surface area (Å²) in [6.45, 7) is 5.72. The molecule has 2 atom stereocenters. The largest absolute Gasteiger partial charge is 0.298 e. The van der Waals surface area contributed by atoms with Crippen LogP contribution in [0.5, 0.6) is 0 Å². The van der Waals surface area contributed by atoms with Crippen molar-refractivity contribution in [1.29, 1.82) is 5.26 Å². The molecule has 2 aliphatic heterocycles. The molecule has 0 radical (unpaired) electrons. The number of fused-ring (bicyclic) bond motifs is 1. The Morgan fingerprint density at radius 2 is 2.06 bits per heavy atom. The van der Waals surface area contributed by atoms with Gasteiger partial charge in [-0.3, -0.25) is 15.1 Å². The van der Waals surface area contributed by atoms with Crippen LogP contribution in [0.25, 0.3) is 0 Å². The summed E-state index contributed by atoms with van der Waals surface area (Å²) >= 11 is 0. The molecule has 1 aliphatic carbocycles. The Hall–Kier alpha value is -0.630. The fraction of sp³-hybridized carbons (Fsp3) is 0.929. The second-order valence-corrected chi connectivity index (χ2v) is 6.07. The zero-order chi connectivity index (χ0) is 12.4. The fourth-order valence-corrected chi connectivity index (χ4v) is 3.31. The molecule has 3 fully saturated rings. The monoisotopic (exact) mass is 248 g/mol. The molecule has 100 valence electrons. The predicted octanol–water partition coefficient (Wildman–Crippen LogP) is 0.801. The fourth-order valence-electron chi connectivity index (χ4n) is 3.31. The Balaban J connectivity index is 1.48.